The molecule has 1 aromatic rings. The lowest BCUT2D eigenvalue weighted by Gasteiger charge is -2.27. The Morgan fingerprint density at radius 3 is 2.00 bits per heavy atom. The van der Waals surface area contributed by atoms with E-state index >= 15 is 0 Å². The number of hydrogen-bond acceptors (Lipinski definition) is 6. The molecule has 1 atom stereocenters. The number of alkyl carbamates (subject to hydrolysis) is 1. The zero-order valence-corrected chi connectivity index (χ0v) is 23.5. The van der Waals surface area contributed by atoms with Gasteiger partial charge in [0.2, 0.25) is 0 Å². The van der Waals surface area contributed by atoms with Crippen molar-refractivity contribution >= 4 is 18.0 Å². The summed E-state index contributed by atoms with van der Waals surface area (Å²) in [6.07, 6.45) is 14.4. The predicted octanol–water partition coefficient (Wildman–Crippen LogP) is 3.76. The van der Waals surface area contributed by atoms with E-state index in [4.69, 9.17) is 9.47 Å². The number of benzene rings is 1. The largest absolute Gasteiger partial charge is 0.548 e. The summed E-state index contributed by atoms with van der Waals surface area (Å²) in [5.41, 5.74) is 0.136. The zero-order chi connectivity index (χ0) is 27.8. The van der Waals surface area contributed by atoms with Gasteiger partial charge in [-0.15, -0.1) is 0 Å². The lowest BCUT2D eigenvalue weighted by molar-refractivity contribution is -0.725. The molecule has 2 aliphatic carbocycles. The molecule has 0 bridgehead atoms. The standard InChI is InChI=1S/C18H25NO6.C12H23N/c1-18(2,3)25-17(23)19-14(16(21)22)10-7-11-15(20)24-12-13-8-5-4-6-9-13;1-3-7-11(8-4-1)13-12-9-5-2-6-10-12/h4-6,8-9,14H,7,10-12H2,1-3H3,(H,19,23)(H,21,22);11-13H,1-10H2/t14-;/m0./s1. The number of carboxylic acid groups (broad SMARTS) is 1. The second kappa shape index (κ2) is 17.1. The Kier molecular flexibility index (Phi) is 14.2. The molecule has 0 aliphatic heterocycles. The fourth-order valence-electron chi connectivity index (χ4n) is 5.00. The van der Waals surface area contributed by atoms with Gasteiger partial charge in [0.15, 0.2) is 0 Å². The number of esters is 1. The smallest absolute Gasteiger partial charge is 0.408 e. The number of carbonyl (C=O) groups excluding carboxylic acids is 3. The molecule has 2 saturated carbocycles. The average Bonchev–Trinajstić information content (AvgIpc) is 2.88. The summed E-state index contributed by atoms with van der Waals surface area (Å²) in [7, 11) is 0. The topological polar surface area (TPSA) is 121 Å². The molecule has 0 radical (unpaired) electrons. The lowest BCUT2D eigenvalue weighted by Crippen LogP contribution is -2.95. The summed E-state index contributed by atoms with van der Waals surface area (Å²) >= 11 is 0. The molecule has 0 aromatic heterocycles. The molecule has 3 rings (SSSR count). The summed E-state index contributed by atoms with van der Waals surface area (Å²) in [4.78, 5) is 34.4. The van der Waals surface area contributed by atoms with E-state index in [0.29, 0.717) is 0 Å². The normalized spacial score (nSPS) is 17.4. The number of rotatable bonds is 10. The summed E-state index contributed by atoms with van der Waals surface area (Å²) < 4.78 is 10.1. The Labute approximate surface area is 228 Å². The highest BCUT2D eigenvalue weighted by molar-refractivity contribution is 5.78. The molecular weight excluding hydrogens is 484 g/mol. The maximum absolute atomic E-state index is 11.7. The monoisotopic (exact) mass is 532 g/mol. The summed E-state index contributed by atoms with van der Waals surface area (Å²) in [5.74, 6) is -1.86. The number of amides is 1. The number of ether oxygens (including phenoxy) is 2. The van der Waals surface area contributed by atoms with Gasteiger partial charge in [-0.2, -0.15) is 0 Å². The number of carboxylic acids is 1. The Bertz CT molecular complexity index is 811. The van der Waals surface area contributed by atoms with Crippen LogP contribution in [0.2, 0.25) is 0 Å². The number of aliphatic carboxylic acids is 1. The molecule has 38 heavy (non-hydrogen) atoms. The van der Waals surface area contributed by atoms with E-state index in [-0.39, 0.29) is 25.9 Å². The molecule has 1 aromatic carbocycles. The first kappa shape index (κ1) is 31.6. The molecule has 214 valence electrons. The van der Waals surface area contributed by atoms with E-state index in [1.54, 1.807) is 20.8 Å². The van der Waals surface area contributed by atoms with Crippen LogP contribution in [0.3, 0.4) is 0 Å². The van der Waals surface area contributed by atoms with Crippen molar-refractivity contribution in [3.05, 3.63) is 35.9 Å². The second-order valence-corrected chi connectivity index (χ2v) is 11.5. The first-order valence-corrected chi connectivity index (χ1v) is 14.4. The van der Waals surface area contributed by atoms with E-state index < -0.39 is 29.7 Å². The minimum absolute atomic E-state index is 0.0437. The Morgan fingerprint density at radius 1 is 0.947 bits per heavy atom. The van der Waals surface area contributed by atoms with Crippen molar-refractivity contribution in [2.45, 2.75) is 135 Å². The maximum atomic E-state index is 11.7. The van der Waals surface area contributed by atoms with Crippen molar-refractivity contribution < 1.29 is 34.3 Å². The number of nitrogens with one attached hydrogen (secondary N) is 1. The Balaban J connectivity index is 0.000000323. The van der Waals surface area contributed by atoms with Crippen molar-refractivity contribution in [3.63, 3.8) is 0 Å². The highest BCUT2D eigenvalue weighted by atomic mass is 16.6. The number of carbonyl (C=O) groups is 3. The van der Waals surface area contributed by atoms with Crippen molar-refractivity contribution in [2.75, 3.05) is 0 Å². The number of hydrogen-bond donors (Lipinski definition) is 2. The minimum atomic E-state index is -1.43. The second-order valence-electron chi connectivity index (χ2n) is 11.5. The third-order valence-electron chi connectivity index (χ3n) is 6.94. The Hall–Kier alpha value is -2.61. The zero-order valence-electron chi connectivity index (χ0n) is 23.5. The van der Waals surface area contributed by atoms with Gasteiger partial charge in [0.1, 0.15) is 12.2 Å². The fourth-order valence-corrected chi connectivity index (χ4v) is 5.00. The van der Waals surface area contributed by atoms with Crippen LogP contribution in [0.25, 0.3) is 0 Å². The van der Waals surface area contributed by atoms with Crippen LogP contribution >= 0.6 is 0 Å². The third-order valence-corrected chi connectivity index (χ3v) is 6.94. The molecule has 0 unspecified atom stereocenters. The van der Waals surface area contributed by atoms with E-state index in [9.17, 15) is 19.5 Å². The summed E-state index contributed by atoms with van der Waals surface area (Å²) in [6, 6.07) is 9.99. The van der Waals surface area contributed by atoms with Gasteiger partial charge in [-0.25, -0.2) is 4.79 Å². The van der Waals surface area contributed by atoms with Gasteiger partial charge in [0, 0.05) is 6.42 Å². The van der Waals surface area contributed by atoms with E-state index in [1.165, 1.54) is 64.2 Å². The van der Waals surface area contributed by atoms with Crippen molar-refractivity contribution in [1.29, 1.82) is 0 Å². The molecular formula is C30H48N2O6. The summed E-state index contributed by atoms with van der Waals surface area (Å²) in [6.45, 7) is 5.18. The van der Waals surface area contributed by atoms with Gasteiger partial charge in [-0.3, -0.25) is 4.79 Å². The van der Waals surface area contributed by atoms with Crippen LogP contribution in [0.5, 0.6) is 0 Å². The van der Waals surface area contributed by atoms with Crippen LogP contribution in [0.1, 0.15) is 110 Å². The van der Waals surface area contributed by atoms with Gasteiger partial charge >= 0.3 is 12.1 Å². The van der Waals surface area contributed by atoms with Gasteiger partial charge in [0.25, 0.3) is 0 Å². The highest BCUT2D eigenvalue weighted by Gasteiger charge is 2.23. The van der Waals surface area contributed by atoms with Crippen LogP contribution in [-0.2, 0) is 25.7 Å². The van der Waals surface area contributed by atoms with Crippen LogP contribution in [-0.4, -0.2) is 41.8 Å². The third kappa shape index (κ3) is 14.4. The van der Waals surface area contributed by atoms with Gasteiger partial charge in [-0.05, 0) is 90.5 Å². The van der Waals surface area contributed by atoms with Gasteiger partial charge in [0.05, 0.1) is 24.1 Å². The molecule has 8 nitrogen and oxygen atoms in total. The van der Waals surface area contributed by atoms with Crippen molar-refractivity contribution in [2.24, 2.45) is 0 Å². The van der Waals surface area contributed by atoms with Gasteiger partial charge < -0.3 is 30.0 Å². The number of nitrogens with two attached hydrogens (primary N) is 1. The number of quaternary nitrogens is 1. The fraction of sp³-hybridized carbons (Fsp3) is 0.700. The van der Waals surface area contributed by atoms with Crippen LogP contribution in [0.4, 0.5) is 4.79 Å². The quantitative estimate of drug-likeness (QED) is 0.443. The minimum Gasteiger partial charge on any atom is -0.548 e. The first-order valence-electron chi connectivity index (χ1n) is 14.4. The first-order chi connectivity index (χ1) is 18.1. The van der Waals surface area contributed by atoms with Crippen molar-refractivity contribution in [3.8, 4) is 0 Å². The summed E-state index contributed by atoms with van der Waals surface area (Å²) in [5, 5.41) is 16.0. The predicted molar refractivity (Wildman–Crippen MR) is 144 cm³/mol. The van der Waals surface area contributed by atoms with E-state index in [2.05, 4.69) is 10.6 Å². The van der Waals surface area contributed by atoms with E-state index in [1.807, 2.05) is 30.3 Å². The molecule has 0 saturated heterocycles. The van der Waals surface area contributed by atoms with Crippen LogP contribution in [0, 0.1) is 0 Å². The molecule has 3 N–H and O–H groups in total. The van der Waals surface area contributed by atoms with Crippen LogP contribution in [0.15, 0.2) is 30.3 Å². The van der Waals surface area contributed by atoms with Gasteiger partial charge in [-0.1, -0.05) is 43.2 Å². The van der Waals surface area contributed by atoms with E-state index in [0.717, 1.165) is 17.6 Å². The molecule has 0 heterocycles. The maximum Gasteiger partial charge on any atom is 0.408 e. The molecule has 2 aliphatic rings. The van der Waals surface area contributed by atoms with Crippen LogP contribution < -0.4 is 15.7 Å². The highest BCUT2D eigenvalue weighted by Crippen LogP contribution is 2.18. The molecule has 1 amide bonds. The molecule has 0 spiro atoms. The molecule has 2 fully saturated rings. The SMILES string of the molecule is C1CCC([NH2+]C2CCCCC2)CC1.CC(C)(C)OC(=O)N[C@@H](CCCC(=O)OCc1ccccc1)C(=O)[O-]. The molecule has 8 heteroatoms. The average molecular weight is 533 g/mol. The van der Waals surface area contributed by atoms with Crippen molar-refractivity contribution in [1.82, 2.24) is 5.32 Å². The Morgan fingerprint density at radius 2 is 1.50 bits per heavy atom. The lowest BCUT2D eigenvalue weighted by atomic mass is 9.91.